The highest BCUT2D eigenvalue weighted by Crippen LogP contribution is 2.28. The van der Waals surface area contributed by atoms with Crippen molar-refractivity contribution in [3.63, 3.8) is 0 Å². The summed E-state index contributed by atoms with van der Waals surface area (Å²) in [6, 6.07) is 21.3. The maximum absolute atomic E-state index is 12.5. The molecular weight excluding hydrogens is 424 g/mol. The number of carbonyl (C=O) groups excluding carboxylic acids is 1. The Kier molecular flexibility index (Phi) is 5.45. The van der Waals surface area contributed by atoms with Crippen LogP contribution in [0.2, 0.25) is 5.02 Å². The van der Waals surface area contributed by atoms with Gasteiger partial charge in [0.15, 0.2) is 6.61 Å². The molecule has 1 aromatic heterocycles. The van der Waals surface area contributed by atoms with Crippen LogP contribution in [0.25, 0.3) is 11.0 Å². The lowest BCUT2D eigenvalue weighted by Gasteiger charge is -2.30. The van der Waals surface area contributed by atoms with E-state index in [9.17, 15) is 4.79 Å². The van der Waals surface area contributed by atoms with E-state index in [1.807, 2.05) is 25.1 Å². The summed E-state index contributed by atoms with van der Waals surface area (Å²) in [7, 11) is 0. The molecule has 0 bridgehead atoms. The molecule has 2 heterocycles. The largest absolute Gasteiger partial charge is 0.484 e. The number of nitrogens with one attached hydrogen (secondary N) is 1. The second-order valence-corrected chi connectivity index (χ2v) is 8.32. The van der Waals surface area contributed by atoms with Crippen molar-refractivity contribution in [3.8, 4) is 5.75 Å². The molecule has 1 amide bonds. The molecule has 6 nitrogen and oxygen atoms in total. The van der Waals surface area contributed by atoms with E-state index in [4.69, 9.17) is 21.3 Å². The van der Waals surface area contributed by atoms with Crippen LogP contribution in [-0.4, -0.2) is 28.6 Å². The van der Waals surface area contributed by atoms with Gasteiger partial charge in [-0.15, -0.1) is 0 Å². The number of imidazole rings is 1. The molecule has 0 unspecified atom stereocenters. The zero-order chi connectivity index (χ0) is 22.1. The maximum atomic E-state index is 12.5. The van der Waals surface area contributed by atoms with Gasteiger partial charge >= 0.3 is 0 Å². The van der Waals surface area contributed by atoms with Gasteiger partial charge in [-0.05, 0) is 61.0 Å². The van der Waals surface area contributed by atoms with Gasteiger partial charge in [0, 0.05) is 29.5 Å². The monoisotopic (exact) mass is 446 g/mol. The number of aryl methyl sites for hydroxylation is 1. The first-order valence-electron chi connectivity index (χ1n) is 10.5. The first kappa shape index (κ1) is 20.4. The van der Waals surface area contributed by atoms with E-state index in [2.05, 4.69) is 39.0 Å². The molecule has 1 aliphatic rings. The van der Waals surface area contributed by atoms with Crippen molar-refractivity contribution in [1.82, 2.24) is 9.55 Å². The van der Waals surface area contributed by atoms with Gasteiger partial charge in [0.2, 0.25) is 0 Å². The van der Waals surface area contributed by atoms with Gasteiger partial charge in [-0.25, -0.2) is 4.98 Å². The number of fused-ring (bicyclic) bond motifs is 3. The summed E-state index contributed by atoms with van der Waals surface area (Å²) in [5.74, 6) is 1.45. The smallest absolute Gasteiger partial charge is 0.262 e. The van der Waals surface area contributed by atoms with Gasteiger partial charge < -0.3 is 19.5 Å². The Bertz CT molecular complexity index is 1280. The number of carbonyl (C=O) groups is 1. The Hall–Kier alpha value is -3.51. The Morgan fingerprint density at radius 2 is 1.91 bits per heavy atom. The van der Waals surface area contributed by atoms with E-state index in [1.165, 1.54) is 5.52 Å². The minimum absolute atomic E-state index is 0.0704. The quantitative estimate of drug-likeness (QED) is 0.466. The average molecular weight is 447 g/mol. The van der Waals surface area contributed by atoms with E-state index in [0.29, 0.717) is 10.8 Å². The van der Waals surface area contributed by atoms with Gasteiger partial charge in [0.25, 0.3) is 5.91 Å². The summed E-state index contributed by atoms with van der Waals surface area (Å²) in [5.41, 5.74) is 5.05. The third-order valence-electron chi connectivity index (χ3n) is 5.70. The second kappa shape index (κ2) is 8.55. The van der Waals surface area contributed by atoms with E-state index in [-0.39, 0.29) is 12.5 Å². The number of amides is 1. The van der Waals surface area contributed by atoms with Crippen LogP contribution in [0.3, 0.4) is 0 Å². The highest BCUT2D eigenvalue weighted by atomic mass is 35.5. The highest BCUT2D eigenvalue weighted by Gasteiger charge is 2.21. The fourth-order valence-corrected chi connectivity index (χ4v) is 4.12. The number of benzene rings is 3. The van der Waals surface area contributed by atoms with Crippen molar-refractivity contribution in [1.29, 1.82) is 0 Å². The molecule has 0 atom stereocenters. The molecule has 0 saturated carbocycles. The molecule has 162 valence electrons. The number of ether oxygens (including phenoxy) is 1. The minimum Gasteiger partial charge on any atom is -0.484 e. The average Bonchev–Trinajstić information content (AvgIpc) is 3.18. The molecule has 0 aliphatic carbocycles. The van der Waals surface area contributed by atoms with Crippen LogP contribution in [0.15, 0.2) is 66.7 Å². The molecule has 32 heavy (non-hydrogen) atoms. The zero-order valence-electron chi connectivity index (χ0n) is 17.7. The number of nitrogens with zero attached hydrogens (tertiary/aromatic N) is 3. The number of aromatic nitrogens is 2. The number of rotatable bonds is 5. The van der Waals surface area contributed by atoms with E-state index in [1.54, 1.807) is 24.3 Å². The van der Waals surface area contributed by atoms with Crippen LogP contribution in [-0.2, 0) is 17.9 Å². The van der Waals surface area contributed by atoms with Gasteiger partial charge in [0.05, 0.1) is 17.6 Å². The summed E-state index contributed by atoms with van der Waals surface area (Å²) < 4.78 is 7.85. The molecule has 3 aromatic carbocycles. The van der Waals surface area contributed by atoms with Crippen LogP contribution < -0.4 is 15.0 Å². The molecule has 0 radical (unpaired) electrons. The molecule has 4 aromatic rings. The SMILES string of the molecule is Cc1ccc(N2CCn3c(nc4ccccc43)C2)cc1NC(=O)COc1ccc(Cl)cc1. The molecule has 1 N–H and O–H groups in total. The van der Waals surface area contributed by atoms with Crippen molar-refractivity contribution >= 4 is 39.9 Å². The van der Waals surface area contributed by atoms with Crippen LogP contribution in [0.4, 0.5) is 11.4 Å². The highest BCUT2D eigenvalue weighted by molar-refractivity contribution is 6.30. The predicted octanol–water partition coefficient (Wildman–Crippen LogP) is 5.04. The number of para-hydroxylation sites is 2. The van der Waals surface area contributed by atoms with Crippen LogP contribution in [0.1, 0.15) is 11.4 Å². The fourth-order valence-electron chi connectivity index (χ4n) is 3.99. The Morgan fingerprint density at radius 1 is 1.09 bits per heavy atom. The minimum atomic E-state index is -0.208. The Morgan fingerprint density at radius 3 is 2.75 bits per heavy atom. The fraction of sp³-hybridized carbons (Fsp3) is 0.200. The van der Waals surface area contributed by atoms with Crippen LogP contribution in [0.5, 0.6) is 5.75 Å². The summed E-state index contributed by atoms with van der Waals surface area (Å²) in [5, 5.41) is 3.60. The Labute approximate surface area is 191 Å². The van der Waals surface area contributed by atoms with Crippen LogP contribution in [0, 0.1) is 6.92 Å². The van der Waals surface area contributed by atoms with Crippen molar-refractivity contribution < 1.29 is 9.53 Å². The van der Waals surface area contributed by atoms with Crippen molar-refractivity contribution in [3.05, 3.63) is 83.1 Å². The standard InChI is InChI=1S/C25H23ClN4O2/c1-17-6-9-19(14-22(17)28-25(31)16-32-20-10-7-18(26)8-11-20)29-12-13-30-23-5-3-2-4-21(23)27-24(30)15-29/h2-11,14H,12-13,15-16H2,1H3,(H,28,31). The topological polar surface area (TPSA) is 59.4 Å². The lowest BCUT2D eigenvalue weighted by atomic mass is 10.1. The van der Waals surface area contributed by atoms with Gasteiger partial charge in [-0.2, -0.15) is 0 Å². The third kappa shape index (κ3) is 4.14. The normalized spacial score (nSPS) is 13.1. The predicted molar refractivity (Wildman–Crippen MR) is 128 cm³/mol. The van der Waals surface area contributed by atoms with Gasteiger partial charge in [0.1, 0.15) is 11.6 Å². The summed E-state index contributed by atoms with van der Waals surface area (Å²) in [6.45, 7) is 4.39. The first-order valence-corrected chi connectivity index (χ1v) is 10.9. The molecule has 0 saturated heterocycles. The number of anilines is 2. The summed E-state index contributed by atoms with van der Waals surface area (Å²) in [6.07, 6.45) is 0. The van der Waals surface area contributed by atoms with Gasteiger partial charge in [-0.1, -0.05) is 29.8 Å². The van der Waals surface area contributed by atoms with Crippen molar-refractivity contribution in [2.24, 2.45) is 0 Å². The number of halogens is 1. The Balaban J connectivity index is 1.28. The number of hydrogen-bond acceptors (Lipinski definition) is 4. The maximum Gasteiger partial charge on any atom is 0.262 e. The molecule has 0 spiro atoms. The summed E-state index contributed by atoms with van der Waals surface area (Å²) >= 11 is 5.88. The van der Waals surface area contributed by atoms with Crippen molar-refractivity contribution in [2.75, 3.05) is 23.4 Å². The molecular formula is C25H23ClN4O2. The first-order chi connectivity index (χ1) is 15.6. The van der Waals surface area contributed by atoms with Crippen LogP contribution >= 0.6 is 11.6 Å². The zero-order valence-corrected chi connectivity index (χ0v) is 18.5. The summed E-state index contributed by atoms with van der Waals surface area (Å²) in [4.78, 5) is 19.6. The molecule has 1 aliphatic heterocycles. The van der Waals surface area contributed by atoms with E-state index in [0.717, 1.165) is 47.9 Å². The molecule has 0 fully saturated rings. The molecule has 7 heteroatoms. The number of hydrogen-bond donors (Lipinski definition) is 1. The third-order valence-corrected chi connectivity index (χ3v) is 5.96. The second-order valence-electron chi connectivity index (χ2n) is 7.88. The van der Waals surface area contributed by atoms with E-state index >= 15 is 0 Å². The van der Waals surface area contributed by atoms with Crippen molar-refractivity contribution in [2.45, 2.75) is 20.0 Å². The molecule has 5 rings (SSSR count). The lowest BCUT2D eigenvalue weighted by Crippen LogP contribution is -2.33. The van der Waals surface area contributed by atoms with E-state index < -0.39 is 0 Å². The van der Waals surface area contributed by atoms with Gasteiger partial charge in [-0.3, -0.25) is 4.79 Å². The lowest BCUT2D eigenvalue weighted by molar-refractivity contribution is -0.118.